The van der Waals surface area contributed by atoms with E-state index >= 15 is 0 Å². The number of pyridine rings is 2. The molecule has 0 spiro atoms. The summed E-state index contributed by atoms with van der Waals surface area (Å²) in [6.45, 7) is 4.81. The third-order valence-corrected chi connectivity index (χ3v) is 8.45. The Morgan fingerprint density at radius 1 is 0.821 bits per heavy atom. The lowest BCUT2D eigenvalue weighted by Crippen LogP contribution is -2.42. The van der Waals surface area contributed by atoms with Crippen LogP contribution in [0.15, 0.2) is 70.5 Å². The molecule has 1 aliphatic heterocycles. The van der Waals surface area contributed by atoms with Crippen LogP contribution in [0.4, 0.5) is 23.5 Å². The molecule has 0 unspecified atom stereocenters. The van der Waals surface area contributed by atoms with Gasteiger partial charge >= 0.3 is 6.01 Å². The van der Waals surface area contributed by atoms with E-state index in [9.17, 15) is 32.3 Å². The molecule has 7 rings (SSSR count). The van der Waals surface area contributed by atoms with Gasteiger partial charge in [-0.05, 0) is 56.7 Å². The molecule has 0 aliphatic carbocycles. The second-order valence-electron chi connectivity index (χ2n) is 11.9. The first-order valence-electron chi connectivity index (χ1n) is 17.0. The van der Waals surface area contributed by atoms with Crippen molar-refractivity contribution >= 4 is 40.1 Å². The number of halogens is 4. The largest absolute Gasteiger partial charge is 0.448 e. The van der Waals surface area contributed by atoms with Crippen molar-refractivity contribution in [3.8, 4) is 29.0 Å². The van der Waals surface area contributed by atoms with E-state index in [0.29, 0.717) is 47.2 Å². The summed E-state index contributed by atoms with van der Waals surface area (Å²) >= 11 is 0.968. The summed E-state index contributed by atoms with van der Waals surface area (Å²) in [5.41, 5.74) is -0.365. The molecule has 2 atom stereocenters. The summed E-state index contributed by atoms with van der Waals surface area (Å²) in [4.78, 5) is 47.1. The first-order chi connectivity index (χ1) is 27.0. The number of nitrogens with zero attached hydrogens (tertiary/aromatic N) is 6. The van der Waals surface area contributed by atoms with Gasteiger partial charge in [-0.2, -0.15) is 9.97 Å². The van der Waals surface area contributed by atoms with Crippen molar-refractivity contribution in [3.05, 3.63) is 105 Å². The molecule has 0 saturated carbocycles. The van der Waals surface area contributed by atoms with E-state index in [1.807, 2.05) is 0 Å². The van der Waals surface area contributed by atoms with Crippen molar-refractivity contribution in [2.75, 3.05) is 24.8 Å². The highest BCUT2D eigenvalue weighted by Crippen LogP contribution is 2.27. The fourth-order valence-electron chi connectivity index (χ4n) is 5.57. The number of benzene rings is 2. The van der Waals surface area contributed by atoms with Crippen LogP contribution in [0.1, 0.15) is 20.3 Å². The number of aromatic nitrogens is 6. The maximum absolute atomic E-state index is 13.9. The topological polar surface area (TPSA) is 174 Å². The summed E-state index contributed by atoms with van der Waals surface area (Å²) in [5.74, 6) is -3.83. The average Bonchev–Trinajstić information content (AvgIpc) is 3.18. The molecule has 56 heavy (non-hydrogen) atoms. The molecule has 2 N–H and O–H groups in total. The van der Waals surface area contributed by atoms with Crippen molar-refractivity contribution < 1.29 is 46.1 Å². The molecule has 6 aromatic rings. The molecule has 294 valence electrons. The van der Waals surface area contributed by atoms with Crippen LogP contribution in [0.2, 0.25) is 0 Å². The lowest BCUT2D eigenvalue weighted by atomic mass is 10.1. The Morgan fingerprint density at radius 2 is 1.38 bits per heavy atom. The predicted molar refractivity (Wildman–Crippen MR) is 196 cm³/mol. The van der Waals surface area contributed by atoms with Crippen LogP contribution in [0.5, 0.6) is 29.0 Å². The Hall–Kier alpha value is -5.83. The standard InChI is InChI=1S/C20H20F2N4O4.C16H13F2N3O4S/c1-2-26-18-11(9-23-20(25-18)24-14-5-6-29-10-15(14)27)7-17(19(26)28)30-16-4-3-12(21)8-13(16)22;1-3-21-14-9(8-19-16(20-14)24-25-26-2)6-13(15(21)22)23-12-5-4-10(17)7-11(12)18/h3-4,7-9,14-15,27H,2,5-6,10H2,1H3,(H,23,24,25);4-8H,3H2,1-2H3/t14-,15-;/m1./s1. The quantitative estimate of drug-likeness (QED) is 0.0685. The van der Waals surface area contributed by atoms with Crippen molar-refractivity contribution in [1.82, 2.24) is 29.1 Å². The number of hydrogen-bond donors (Lipinski definition) is 2. The molecule has 15 nitrogen and oxygen atoms in total. The average molecular weight is 800 g/mol. The van der Waals surface area contributed by atoms with Crippen LogP contribution < -0.4 is 30.8 Å². The van der Waals surface area contributed by atoms with Gasteiger partial charge in [0.2, 0.25) is 5.95 Å². The van der Waals surface area contributed by atoms with Gasteiger partial charge < -0.3 is 24.6 Å². The van der Waals surface area contributed by atoms with Crippen LogP contribution >= 0.6 is 12.0 Å². The molecule has 1 saturated heterocycles. The SMILES string of the molecule is CCn1c(=O)c(Oc2ccc(F)cc2F)cc2cnc(N[C@@H]3CCOC[C@H]3O)nc21.CCn1c(=O)c(Oc2ccc(F)cc2F)cc2cnc(OOSC)nc21. The molecule has 0 radical (unpaired) electrons. The Balaban J connectivity index is 0.000000192. The lowest BCUT2D eigenvalue weighted by molar-refractivity contribution is -0.0863. The van der Waals surface area contributed by atoms with E-state index in [0.717, 1.165) is 36.3 Å². The molecule has 5 heterocycles. The molecule has 4 aromatic heterocycles. The maximum atomic E-state index is 13.9. The molecule has 1 fully saturated rings. The van der Waals surface area contributed by atoms with Gasteiger partial charge in [0.05, 0.1) is 18.8 Å². The summed E-state index contributed by atoms with van der Waals surface area (Å²) in [6.07, 6.45) is 4.49. The number of hydrogen-bond acceptors (Lipinski definition) is 14. The van der Waals surface area contributed by atoms with Gasteiger partial charge in [0.15, 0.2) is 34.6 Å². The van der Waals surface area contributed by atoms with E-state index in [1.165, 1.54) is 33.7 Å². The smallest absolute Gasteiger partial charge is 0.356 e. The van der Waals surface area contributed by atoms with Crippen LogP contribution in [0.3, 0.4) is 0 Å². The summed E-state index contributed by atoms with van der Waals surface area (Å²) in [5, 5.41) is 14.1. The number of rotatable bonds is 11. The second kappa shape index (κ2) is 17.8. The van der Waals surface area contributed by atoms with Crippen LogP contribution in [-0.4, -0.2) is 65.8 Å². The van der Waals surface area contributed by atoms with E-state index in [-0.39, 0.29) is 60.7 Å². The molecular weight excluding hydrogens is 766 g/mol. The van der Waals surface area contributed by atoms with Gasteiger partial charge in [-0.15, -0.1) is 4.33 Å². The number of aliphatic hydroxyl groups is 1. The highest BCUT2D eigenvalue weighted by atomic mass is 32.2. The summed E-state index contributed by atoms with van der Waals surface area (Å²) in [7, 11) is 0. The van der Waals surface area contributed by atoms with Gasteiger partial charge in [0.25, 0.3) is 11.1 Å². The second-order valence-corrected chi connectivity index (χ2v) is 12.3. The summed E-state index contributed by atoms with van der Waals surface area (Å²) in [6, 6.07) is 8.14. The highest BCUT2D eigenvalue weighted by molar-refractivity contribution is 7.93. The van der Waals surface area contributed by atoms with Crippen LogP contribution in [-0.2, 0) is 22.2 Å². The van der Waals surface area contributed by atoms with Gasteiger partial charge in [0, 0.05) is 73.3 Å². The predicted octanol–water partition coefficient (Wildman–Crippen LogP) is 5.91. The summed E-state index contributed by atoms with van der Waals surface area (Å²) < 4.78 is 77.3. The van der Waals surface area contributed by atoms with Crippen molar-refractivity contribution in [1.29, 1.82) is 0 Å². The number of ether oxygens (including phenoxy) is 3. The third-order valence-electron chi connectivity index (χ3n) is 8.24. The van der Waals surface area contributed by atoms with E-state index in [4.69, 9.17) is 23.4 Å². The number of anilines is 1. The lowest BCUT2D eigenvalue weighted by Gasteiger charge is -2.28. The number of fused-ring (bicyclic) bond motifs is 2. The molecule has 0 bridgehead atoms. The number of aliphatic hydroxyl groups excluding tert-OH is 1. The molecule has 1 aliphatic rings. The Kier molecular flexibility index (Phi) is 12.6. The molecule has 2 aromatic carbocycles. The number of aryl methyl sites for hydroxylation is 2. The van der Waals surface area contributed by atoms with Crippen LogP contribution in [0.25, 0.3) is 22.1 Å². The minimum Gasteiger partial charge on any atom is -0.448 e. The monoisotopic (exact) mass is 799 g/mol. The fraction of sp³-hybridized carbons (Fsp3) is 0.278. The normalized spacial score (nSPS) is 15.3. The molecule has 20 heteroatoms. The van der Waals surface area contributed by atoms with Crippen LogP contribution in [0, 0.1) is 23.3 Å². The highest BCUT2D eigenvalue weighted by Gasteiger charge is 2.25. The van der Waals surface area contributed by atoms with E-state index in [1.54, 1.807) is 20.1 Å². The molecular formula is C36H33F4N7O8S. The Bertz CT molecular complexity index is 2490. The Labute approximate surface area is 319 Å². The van der Waals surface area contributed by atoms with Crippen molar-refractivity contribution in [2.24, 2.45) is 0 Å². The van der Waals surface area contributed by atoms with E-state index < -0.39 is 40.5 Å². The zero-order valence-electron chi connectivity index (χ0n) is 29.9. The first-order valence-corrected chi connectivity index (χ1v) is 18.1. The van der Waals surface area contributed by atoms with Gasteiger partial charge in [-0.1, -0.05) is 0 Å². The number of nitrogens with one attached hydrogen (secondary N) is 1. The maximum Gasteiger partial charge on any atom is 0.356 e. The first kappa shape index (κ1) is 39.9. The fourth-order valence-corrected chi connectivity index (χ4v) is 5.70. The minimum absolute atomic E-state index is 0.0632. The zero-order chi connectivity index (χ0) is 39.9. The van der Waals surface area contributed by atoms with Crippen molar-refractivity contribution in [3.63, 3.8) is 0 Å². The van der Waals surface area contributed by atoms with Gasteiger partial charge in [-0.25, -0.2) is 27.5 Å². The van der Waals surface area contributed by atoms with Crippen molar-refractivity contribution in [2.45, 2.75) is 45.5 Å². The van der Waals surface area contributed by atoms with E-state index in [2.05, 4.69) is 25.3 Å². The zero-order valence-corrected chi connectivity index (χ0v) is 30.7. The third kappa shape index (κ3) is 8.99. The minimum atomic E-state index is -0.915. The molecule has 0 amide bonds. The van der Waals surface area contributed by atoms with Gasteiger partial charge in [0.1, 0.15) is 22.9 Å². The van der Waals surface area contributed by atoms with Gasteiger partial charge in [-0.3, -0.25) is 23.6 Å². The Morgan fingerprint density at radius 3 is 1.89 bits per heavy atom.